The maximum Gasteiger partial charge on any atom is 0.239 e. The standard InChI is InChI=1S/C26H19Cl2NO2S/c1-32-19-7-3-4-15(11-19)20-14-26(21-9-8-18(28)12-23(21)29-25(26)31)22(13-24(20)30)16-5-2-6-17(27)10-16/h2-12,14,22H,13H2,1H3,(H,29,31)/t22-,26-/m0/s1. The molecule has 1 aliphatic carbocycles. The topological polar surface area (TPSA) is 46.2 Å². The summed E-state index contributed by atoms with van der Waals surface area (Å²) in [7, 11) is 0. The van der Waals surface area contributed by atoms with E-state index in [9.17, 15) is 9.59 Å². The molecule has 0 saturated carbocycles. The Bertz CT molecular complexity index is 1300. The molecule has 1 N–H and O–H groups in total. The molecular formula is C26H19Cl2NO2S. The van der Waals surface area contributed by atoms with Gasteiger partial charge in [-0.1, -0.05) is 59.6 Å². The van der Waals surface area contributed by atoms with Crippen LogP contribution in [0, 0.1) is 0 Å². The lowest BCUT2D eigenvalue weighted by molar-refractivity contribution is -0.121. The summed E-state index contributed by atoms with van der Waals surface area (Å²) in [5.41, 5.74) is 2.71. The summed E-state index contributed by atoms with van der Waals surface area (Å²) in [4.78, 5) is 28.1. The Morgan fingerprint density at radius 2 is 1.75 bits per heavy atom. The van der Waals surface area contributed by atoms with Crippen LogP contribution in [0.25, 0.3) is 5.57 Å². The second kappa shape index (κ2) is 8.11. The number of allylic oxidation sites excluding steroid dienone is 1. The van der Waals surface area contributed by atoms with Crippen molar-refractivity contribution < 1.29 is 9.59 Å². The minimum Gasteiger partial charge on any atom is -0.325 e. The summed E-state index contributed by atoms with van der Waals surface area (Å²) < 4.78 is 0. The maximum atomic E-state index is 13.6. The van der Waals surface area contributed by atoms with Crippen LogP contribution in [-0.2, 0) is 15.0 Å². The van der Waals surface area contributed by atoms with Crippen molar-refractivity contribution in [2.45, 2.75) is 22.6 Å². The molecule has 1 spiro atoms. The van der Waals surface area contributed by atoms with Gasteiger partial charge >= 0.3 is 0 Å². The van der Waals surface area contributed by atoms with Crippen molar-refractivity contribution in [2.24, 2.45) is 0 Å². The minimum absolute atomic E-state index is 0.00840. The van der Waals surface area contributed by atoms with Crippen molar-refractivity contribution in [3.63, 3.8) is 0 Å². The average molecular weight is 480 g/mol. The fourth-order valence-corrected chi connectivity index (χ4v) is 5.65. The fourth-order valence-electron chi connectivity index (χ4n) is 4.82. The van der Waals surface area contributed by atoms with E-state index in [0.717, 1.165) is 21.6 Å². The molecule has 0 radical (unpaired) electrons. The summed E-state index contributed by atoms with van der Waals surface area (Å²) in [6.07, 6.45) is 4.06. The summed E-state index contributed by atoms with van der Waals surface area (Å²) in [5.74, 6) is -0.538. The lowest BCUT2D eigenvalue weighted by Crippen LogP contribution is -2.43. The highest BCUT2D eigenvalue weighted by Crippen LogP contribution is 2.54. The summed E-state index contributed by atoms with van der Waals surface area (Å²) in [5, 5.41) is 4.12. The van der Waals surface area contributed by atoms with Crippen LogP contribution in [0.2, 0.25) is 10.0 Å². The second-order valence-corrected chi connectivity index (χ2v) is 9.79. The van der Waals surface area contributed by atoms with Crippen LogP contribution in [0.5, 0.6) is 0 Å². The number of ketones is 1. The quantitative estimate of drug-likeness (QED) is 0.422. The van der Waals surface area contributed by atoms with E-state index in [1.807, 2.05) is 60.9 Å². The monoisotopic (exact) mass is 479 g/mol. The predicted molar refractivity (Wildman–Crippen MR) is 132 cm³/mol. The van der Waals surface area contributed by atoms with Crippen molar-refractivity contribution in [3.8, 4) is 0 Å². The molecular weight excluding hydrogens is 461 g/mol. The van der Waals surface area contributed by atoms with E-state index >= 15 is 0 Å². The first-order valence-corrected chi connectivity index (χ1v) is 12.2. The van der Waals surface area contributed by atoms with Gasteiger partial charge in [0.05, 0.1) is 0 Å². The molecule has 3 nitrogen and oxygen atoms in total. The van der Waals surface area contributed by atoms with Gasteiger partial charge in [-0.05, 0) is 59.3 Å². The van der Waals surface area contributed by atoms with Crippen molar-refractivity contribution in [1.82, 2.24) is 0 Å². The number of carbonyl (C=O) groups excluding carboxylic acids is 2. The van der Waals surface area contributed by atoms with E-state index in [1.54, 1.807) is 30.0 Å². The highest BCUT2D eigenvalue weighted by molar-refractivity contribution is 7.98. The minimum atomic E-state index is -1.04. The van der Waals surface area contributed by atoms with Crippen LogP contribution in [0.4, 0.5) is 5.69 Å². The van der Waals surface area contributed by atoms with Gasteiger partial charge in [0, 0.05) is 38.5 Å². The van der Waals surface area contributed by atoms with E-state index in [4.69, 9.17) is 23.2 Å². The largest absolute Gasteiger partial charge is 0.325 e. The number of amides is 1. The molecule has 32 heavy (non-hydrogen) atoms. The van der Waals surface area contributed by atoms with Crippen molar-refractivity contribution in [3.05, 3.63) is 99.5 Å². The molecule has 0 bridgehead atoms. The normalized spacial score (nSPS) is 22.0. The van der Waals surface area contributed by atoms with E-state index in [2.05, 4.69) is 5.32 Å². The van der Waals surface area contributed by atoms with Gasteiger partial charge in [-0.25, -0.2) is 0 Å². The summed E-state index contributed by atoms with van der Waals surface area (Å²) >= 11 is 14.1. The number of carbonyl (C=O) groups is 2. The highest BCUT2D eigenvalue weighted by Gasteiger charge is 2.54. The third kappa shape index (κ3) is 3.38. The van der Waals surface area contributed by atoms with Crippen LogP contribution in [0.1, 0.15) is 29.0 Å². The van der Waals surface area contributed by atoms with Crippen molar-refractivity contribution >= 4 is 57.9 Å². The Morgan fingerprint density at radius 1 is 0.969 bits per heavy atom. The van der Waals surface area contributed by atoms with E-state index in [0.29, 0.717) is 21.3 Å². The number of Topliss-reactive ketones (excluding diaryl/α,β-unsaturated/α-hetero) is 1. The van der Waals surface area contributed by atoms with E-state index in [1.165, 1.54) is 0 Å². The highest BCUT2D eigenvalue weighted by atomic mass is 35.5. The first-order valence-electron chi connectivity index (χ1n) is 10.2. The Hall–Kier alpha value is -2.53. The Labute approximate surface area is 200 Å². The van der Waals surface area contributed by atoms with Crippen LogP contribution in [0.3, 0.4) is 0 Å². The van der Waals surface area contributed by atoms with Gasteiger partial charge in [-0.3, -0.25) is 9.59 Å². The molecule has 0 aromatic heterocycles. The van der Waals surface area contributed by atoms with Gasteiger partial charge in [-0.2, -0.15) is 0 Å². The number of rotatable bonds is 3. The SMILES string of the molecule is CSc1cccc(C2=C[C@@]3(C(=O)Nc4cc(Cl)ccc43)[C@H](c3cccc(Cl)c3)CC2=O)c1. The third-order valence-electron chi connectivity index (χ3n) is 6.29. The molecule has 0 unspecified atom stereocenters. The number of halogens is 2. The summed E-state index contributed by atoms with van der Waals surface area (Å²) in [6.45, 7) is 0. The zero-order valence-corrected chi connectivity index (χ0v) is 19.5. The predicted octanol–water partition coefficient (Wildman–Crippen LogP) is 6.75. The number of fused-ring (bicyclic) bond motifs is 2. The molecule has 3 aromatic rings. The molecule has 0 fully saturated rings. The van der Waals surface area contributed by atoms with Crippen LogP contribution in [0.15, 0.2) is 77.7 Å². The lowest BCUT2D eigenvalue weighted by Gasteiger charge is -2.38. The zero-order chi connectivity index (χ0) is 22.5. The molecule has 2 aliphatic rings. The van der Waals surface area contributed by atoms with Crippen molar-refractivity contribution in [2.75, 3.05) is 11.6 Å². The van der Waals surface area contributed by atoms with Crippen LogP contribution in [-0.4, -0.2) is 17.9 Å². The van der Waals surface area contributed by atoms with E-state index < -0.39 is 5.41 Å². The number of anilines is 1. The molecule has 3 aromatic carbocycles. The molecule has 5 rings (SSSR count). The van der Waals surface area contributed by atoms with Crippen LogP contribution >= 0.6 is 35.0 Å². The first-order chi connectivity index (χ1) is 15.4. The second-order valence-electron chi connectivity index (χ2n) is 8.04. The molecule has 160 valence electrons. The molecule has 1 heterocycles. The molecule has 0 saturated heterocycles. The number of nitrogens with one attached hydrogen (secondary N) is 1. The third-order valence-corrected chi connectivity index (χ3v) is 7.49. The van der Waals surface area contributed by atoms with Gasteiger partial charge in [0.2, 0.25) is 5.91 Å². The smallest absolute Gasteiger partial charge is 0.239 e. The molecule has 6 heteroatoms. The lowest BCUT2D eigenvalue weighted by atomic mass is 9.62. The van der Waals surface area contributed by atoms with Crippen molar-refractivity contribution in [1.29, 1.82) is 0 Å². The zero-order valence-electron chi connectivity index (χ0n) is 17.2. The Morgan fingerprint density at radius 3 is 2.53 bits per heavy atom. The number of thioether (sulfide) groups is 1. The first kappa shape index (κ1) is 21.3. The maximum absolute atomic E-state index is 13.6. The fraction of sp³-hybridized carbons (Fsp3) is 0.154. The van der Waals surface area contributed by atoms with Gasteiger partial charge in [0.1, 0.15) is 5.41 Å². The average Bonchev–Trinajstić information content (AvgIpc) is 3.05. The van der Waals surface area contributed by atoms with Gasteiger partial charge < -0.3 is 5.32 Å². The summed E-state index contributed by atoms with van der Waals surface area (Å²) in [6, 6.07) is 20.7. The van der Waals surface area contributed by atoms with E-state index in [-0.39, 0.29) is 24.0 Å². The van der Waals surface area contributed by atoms with Crippen LogP contribution < -0.4 is 5.32 Å². The van der Waals surface area contributed by atoms with Gasteiger partial charge in [0.15, 0.2) is 5.78 Å². The number of benzene rings is 3. The Kier molecular flexibility index (Phi) is 5.40. The molecule has 1 aliphatic heterocycles. The number of hydrogen-bond acceptors (Lipinski definition) is 3. The molecule has 1 amide bonds. The number of hydrogen-bond donors (Lipinski definition) is 1. The van der Waals surface area contributed by atoms with Gasteiger partial charge in [-0.15, -0.1) is 11.8 Å². The Balaban J connectivity index is 1.78. The van der Waals surface area contributed by atoms with Gasteiger partial charge in [0.25, 0.3) is 0 Å². The molecule has 2 atom stereocenters.